The van der Waals surface area contributed by atoms with E-state index in [0.717, 1.165) is 50.1 Å². The Morgan fingerprint density at radius 1 is 0.310 bits per heavy atom. The van der Waals surface area contributed by atoms with Crippen LogP contribution in [-0.4, -0.2) is 0 Å². The highest BCUT2D eigenvalue weighted by Gasteiger charge is 2.52. The van der Waals surface area contributed by atoms with Gasteiger partial charge in [0.25, 0.3) is 0 Å². The zero-order valence-electron chi connectivity index (χ0n) is 39.5. The number of anilines is 3. The van der Waals surface area contributed by atoms with Gasteiger partial charge < -0.3 is 9.32 Å². The van der Waals surface area contributed by atoms with Crippen LogP contribution in [0.4, 0.5) is 17.1 Å². The first-order valence-electron chi connectivity index (χ1n) is 24.6. The number of para-hydroxylation sites is 2. The molecule has 0 bridgehead atoms. The lowest BCUT2D eigenvalue weighted by Gasteiger charge is -2.32. The van der Waals surface area contributed by atoms with Crippen LogP contribution in [0.25, 0.3) is 88.7 Å². The Labute approximate surface area is 414 Å². The second-order valence-electron chi connectivity index (χ2n) is 19.3. The first kappa shape index (κ1) is 41.0. The number of benzene rings is 11. The molecule has 0 saturated heterocycles. The van der Waals surface area contributed by atoms with Crippen molar-refractivity contribution < 1.29 is 4.42 Å². The highest BCUT2D eigenvalue weighted by atomic mass is 16.3. The third-order valence-electron chi connectivity index (χ3n) is 15.2. The van der Waals surface area contributed by atoms with E-state index in [2.05, 4.69) is 261 Å². The fourth-order valence-corrected chi connectivity index (χ4v) is 12.1. The van der Waals surface area contributed by atoms with Crippen molar-refractivity contribution in [3.8, 4) is 66.8 Å². The van der Waals surface area contributed by atoms with E-state index in [1.54, 1.807) is 0 Å². The van der Waals surface area contributed by atoms with E-state index >= 15 is 0 Å². The van der Waals surface area contributed by atoms with E-state index in [1.807, 2.05) is 6.07 Å². The zero-order chi connectivity index (χ0) is 47.2. The molecule has 334 valence electrons. The minimum Gasteiger partial charge on any atom is -0.455 e. The van der Waals surface area contributed by atoms with Gasteiger partial charge in [-0.25, -0.2) is 0 Å². The summed E-state index contributed by atoms with van der Waals surface area (Å²) in [5.74, 6) is 0. The molecule has 0 fully saturated rings. The highest BCUT2D eigenvalue weighted by molar-refractivity contribution is 6.09. The molecule has 0 radical (unpaired) electrons. The van der Waals surface area contributed by atoms with Crippen LogP contribution >= 0.6 is 0 Å². The number of rotatable bonds is 7. The van der Waals surface area contributed by atoms with E-state index in [-0.39, 0.29) is 0 Å². The Bertz CT molecular complexity index is 4000. The lowest BCUT2D eigenvalue weighted by atomic mass is 9.68. The molecular weight excluding hydrogens is 859 g/mol. The van der Waals surface area contributed by atoms with Crippen molar-refractivity contribution in [1.29, 1.82) is 0 Å². The third kappa shape index (κ3) is 6.35. The van der Waals surface area contributed by atoms with Gasteiger partial charge in [-0.3, -0.25) is 0 Å². The molecule has 2 nitrogen and oxygen atoms in total. The van der Waals surface area contributed by atoms with Crippen molar-refractivity contribution in [2.75, 3.05) is 4.90 Å². The first-order chi connectivity index (χ1) is 35.0. The topological polar surface area (TPSA) is 16.4 Å². The first-order valence-corrected chi connectivity index (χ1v) is 24.6. The average molecular weight is 906 g/mol. The van der Waals surface area contributed by atoms with Crippen LogP contribution in [0.15, 0.2) is 253 Å². The van der Waals surface area contributed by atoms with Gasteiger partial charge in [0.1, 0.15) is 11.2 Å². The van der Waals surface area contributed by atoms with Crippen LogP contribution in [0, 0.1) is 13.8 Å². The van der Waals surface area contributed by atoms with Gasteiger partial charge in [-0.1, -0.05) is 212 Å². The number of furan rings is 1. The van der Waals surface area contributed by atoms with Gasteiger partial charge >= 0.3 is 0 Å². The number of aryl methyl sites for hydroxylation is 2. The zero-order valence-corrected chi connectivity index (χ0v) is 39.5. The summed E-state index contributed by atoms with van der Waals surface area (Å²) in [6.45, 7) is 4.47. The highest BCUT2D eigenvalue weighted by Crippen LogP contribution is 2.65. The molecule has 0 saturated carbocycles. The standard InChI is InChI=1S/C69H47NO/c1-44-26-39-65-61(40-44)62-42-45(2)41-60(67(62)69(65)63-23-9-6-18-56(63)57-19-7-10-24-64(57)69)51-16-12-17-54(43-51)70(52-35-31-49(32-36-52)48-29-27-47(28-30-48)46-14-4-3-5-15-46)53-37-33-50(34-38-53)55-21-13-22-59-58-20-8-11-25-66(58)71-68(55)59/h3-43H,1-2H3. The smallest absolute Gasteiger partial charge is 0.143 e. The Morgan fingerprint density at radius 3 is 1.52 bits per heavy atom. The molecular formula is C69H47NO. The number of nitrogens with zero attached hydrogens (tertiary/aromatic N) is 1. The Morgan fingerprint density at radius 2 is 0.817 bits per heavy atom. The summed E-state index contributed by atoms with van der Waals surface area (Å²) < 4.78 is 6.52. The second kappa shape index (κ2) is 16.1. The summed E-state index contributed by atoms with van der Waals surface area (Å²) in [5.41, 5.74) is 27.1. The Kier molecular flexibility index (Phi) is 9.28. The quantitative estimate of drug-likeness (QED) is 0.158. The summed E-state index contributed by atoms with van der Waals surface area (Å²) in [6.07, 6.45) is 0. The summed E-state index contributed by atoms with van der Waals surface area (Å²) in [4.78, 5) is 2.40. The molecule has 0 amide bonds. The molecule has 2 aliphatic carbocycles. The van der Waals surface area contributed by atoms with E-state index < -0.39 is 5.41 Å². The van der Waals surface area contributed by atoms with Crippen LogP contribution in [0.5, 0.6) is 0 Å². The summed E-state index contributed by atoms with van der Waals surface area (Å²) in [7, 11) is 0. The molecule has 0 N–H and O–H groups in total. The van der Waals surface area contributed by atoms with Crippen molar-refractivity contribution >= 4 is 39.0 Å². The molecule has 14 rings (SSSR count). The predicted molar refractivity (Wildman–Crippen MR) is 296 cm³/mol. The van der Waals surface area contributed by atoms with E-state index in [0.29, 0.717) is 0 Å². The lowest BCUT2D eigenvalue weighted by Crippen LogP contribution is -2.26. The van der Waals surface area contributed by atoms with E-state index in [4.69, 9.17) is 4.42 Å². The molecule has 12 aromatic rings. The SMILES string of the molecule is Cc1ccc2c(c1)-c1cc(C)cc(-c3cccc(N(c4ccc(-c5ccc(-c6ccccc6)cc5)cc4)c4ccc(-c5cccc6c5oc5ccccc56)cc4)c3)c1C21c2ccccc2-c2ccccc21. The molecule has 11 aromatic carbocycles. The van der Waals surface area contributed by atoms with Crippen LogP contribution in [-0.2, 0) is 5.41 Å². The summed E-state index contributed by atoms with van der Waals surface area (Å²) in [6, 6.07) is 91.6. The number of hydrogen-bond acceptors (Lipinski definition) is 2. The maximum Gasteiger partial charge on any atom is 0.143 e. The van der Waals surface area contributed by atoms with Crippen molar-refractivity contribution in [3.05, 3.63) is 282 Å². The van der Waals surface area contributed by atoms with Gasteiger partial charge in [-0.15, -0.1) is 0 Å². The molecule has 2 heteroatoms. The maximum absolute atomic E-state index is 6.52. The fraction of sp³-hybridized carbons (Fsp3) is 0.0435. The van der Waals surface area contributed by atoms with Gasteiger partial charge in [0.05, 0.1) is 5.41 Å². The molecule has 71 heavy (non-hydrogen) atoms. The molecule has 0 unspecified atom stereocenters. The molecule has 2 aliphatic rings. The largest absolute Gasteiger partial charge is 0.455 e. The van der Waals surface area contributed by atoms with Crippen molar-refractivity contribution in [2.24, 2.45) is 0 Å². The minimum atomic E-state index is -0.474. The third-order valence-corrected chi connectivity index (χ3v) is 15.2. The van der Waals surface area contributed by atoms with E-state index in [9.17, 15) is 0 Å². The van der Waals surface area contributed by atoms with Crippen molar-refractivity contribution in [3.63, 3.8) is 0 Å². The van der Waals surface area contributed by atoms with Crippen molar-refractivity contribution in [1.82, 2.24) is 0 Å². The van der Waals surface area contributed by atoms with Crippen LogP contribution in [0.3, 0.4) is 0 Å². The molecule has 1 heterocycles. The number of hydrogen-bond donors (Lipinski definition) is 0. The monoisotopic (exact) mass is 905 g/mol. The van der Waals surface area contributed by atoms with Gasteiger partial charge in [-0.05, 0) is 145 Å². The van der Waals surface area contributed by atoms with Gasteiger partial charge in [0.15, 0.2) is 0 Å². The van der Waals surface area contributed by atoms with Gasteiger partial charge in [0, 0.05) is 33.4 Å². The Hall–Kier alpha value is -8.98. The molecule has 1 aromatic heterocycles. The maximum atomic E-state index is 6.52. The lowest BCUT2D eigenvalue weighted by molar-refractivity contribution is 0.670. The second-order valence-corrected chi connectivity index (χ2v) is 19.3. The molecule has 0 atom stereocenters. The Balaban J connectivity index is 0.927. The van der Waals surface area contributed by atoms with Crippen LogP contribution in [0.1, 0.15) is 33.4 Å². The summed E-state index contributed by atoms with van der Waals surface area (Å²) >= 11 is 0. The fourth-order valence-electron chi connectivity index (χ4n) is 12.1. The average Bonchev–Trinajstić information content (AvgIpc) is 4.08. The van der Waals surface area contributed by atoms with Crippen molar-refractivity contribution in [2.45, 2.75) is 19.3 Å². The predicted octanol–water partition coefficient (Wildman–Crippen LogP) is 18.7. The molecule has 1 spiro atoms. The van der Waals surface area contributed by atoms with Crippen LogP contribution in [0.2, 0.25) is 0 Å². The minimum absolute atomic E-state index is 0.474. The normalized spacial score (nSPS) is 12.8. The summed E-state index contributed by atoms with van der Waals surface area (Å²) in [5, 5.41) is 2.26. The number of fused-ring (bicyclic) bond motifs is 13. The van der Waals surface area contributed by atoms with Gasteiger partial charge in [-0.2, -0.15) is 0 Å². The van der Waals surface area contributed by atoms with E-state index in [1.165, 1.54) is 89.0 Å². The van der Waals surface area contributed by atoms with Gasteiger partial charge in [0.2, 0.25) is 0 Å². The van der Waals surface area contributed by atoms with Crippen LogP contribution < -0.4 is 4.90 Å². The molecule has 0 aliphatic heterocycles.